The monoisotopic (exact) mass is 327 g/mol. The maximum absolute atomic E-state index is 12.9. The molecule has 6 nitrogen and oxygen atoms in total. The molecule has 2 aliphatic heterocycles. The van der Waals surface area contributed by atoms with Crippen LogP contribution in [0.25, 0.3) is 5.65 Å². The molecule has 0 saturated carbocycles. The number of nitrogens with zero attached hydrogens (tertiary/aromatic N) is 5. The summed E-state index contributed by atoms with van der Waals surface area (Å²) < 4.78 is 1.80. The van der Waals surface area contributed by atoms with Crippen LogP contribution >= 0.6 is 0 Å². The molecule has 6 heteroatoms. The van der Waals surface area contributed by atoms with Crippen LogP contribution < -0.4 is 0 Å². The van der Waals surface area contributed by atoms with Gasteiger partial charge >= 0.3 is 0 Å². The summed E-state index contributed by atoms with van der Waals surface area (Å²) in [6.45, 7) is 6.54. The number of aromatic nitrogens is 3. The highest BCUT2D eigenvalue weighted by Gasteiger charge is 2.31. The molecule has 0 radical (unpaired) electrons. The molecule has 1 amide bonds. The first kappa shape index (κ1) is 15.6. The van der Waals surface area contributed by atoms with Crippen LogP contribution in [0.1, 0.15) is 43.0 Å². The van der Waals surface area contributed by atoms with Crippen LogP contribution in [0.2, 0.25) is 0 Å². The number of fused-ring (bicyclic) bond motifs is 1. The van der Waals surface area contributed by atoms with E-state index in [0.717, 1.165) is 25.9 Å². The van der Waals surface area contributed by atoms with Gasteiger partial charge < -0.3 is 9.80 Å². The zero-order chi connectivity index (χ0) is 16.5. The minimum absolute atomic E-state index is 0.0841. The van der Waals surface area contributed by atoms with E-state index >= 15 is 0 Å². The second-order valence-corrected chi connectivity index (χ2v) is 7.10. The van der Waals surface area contributed by atoms with E-state index in [1.807, 2.05) is 23.2 Å². The van der Waals surface area contributed by atoms with Gasteiger partial charge in [0.25, 0.3) is 5.91 Å². The Labute approximate surface area is 142 Å². The van der Waals surface area contributed by atoms with E-state index in [-0.39, 0.29) is 5.91 Å². The van der Waals surface area contributed by atoms with Gasteiger partial charge in [-0.3, -0.25) is 9.20 Å². The van der Waals surface area contributed by atoms with Gasteiger partial charge in [-0.1, -0.05) is 0 Å². The van der Waals surface area contributed by atoms with Crippen molar-refractivity contribution in [1.82, 2.24) is 24.4 Å². The SMILES string of the molecule is C[C@H](C1CCN(C(=O)c2cccn3cnnc23)CC1)N1CCCC1. The molecule has 2 aliphatic rings. The third-order valence-electron chi connectivity index (χ3n) is 5.78. The van der Waals surface area contributed by atoms with Crippen LogP contribution in [0, 0.1) is 5.92 Å². The van der Waals surface area contributed by atoms with Crippen molar-refractivity contribution in [3.63, 3.8) is 0 Å². The predicted octanol–water partition coefficient (Wildman–Crippen LogP) is 2.07. The molecule has 2 saturated heterocycles. The average molecular weight is 327 g/mol. The van der Waals surface area contributed by atoms with Crippen molar-refractivity contribution in [1.29, 1.82) is 0 Å². The van der Waals surface area contributed by atoms with Gasteiger partial charge in [-0.2, -0.15) is 0 Å². The molecular weight excluding hydrogens is 302 g/mol. The topological polar surface area (TPSA) is 53.7 Å². The summed E-state index contributed by atoms with van der Waals surface area (Å²) in [4.78, 5) is 17.5. The van der Waals surface area contributed by atoms with Gasteiger partial charge in [0.05, 0.1) is 5.56 Å². The number of carbonyl (C=O) groups excluding carboxylic acids is 1. The summed E-state index contributed by atoms with van der Waals surface area (Å²) in [6, 6.07) is 4.38. The van der Waals surface area contributed by atoms with Gasteiger partial charge in [0.1, 0.15) is 6.33 Å². The first-order valence-corrected chi connectivity index (χ1v) is 9.06. The molecule has 0 aliphatic carbocycles. The molecule has 4 heterocycles. The Morgan fingerprint density at radius 1 is 1.21 bits per heavy atom. The van der Waals surface area contributed by atoms with E-state index in [0.29, 0.717) is 23.2 Å². The summed E-state index contributed by atoms with van der Waals surface area (Å²) in [5.74, 6) is 0.789. The van der Waals surface area contributed by atoms with Crippen LogP contribution in [0.5, 0.6) is 0 Å². The highest BCUT2D eigenvalue weighted by Crippen LogP contribution is 2.27. The summed E-state index contributed by atoms with van der Waals surface area (Å²) in [5.41, 5.74) is 1.30. The highest BCUT2D eigenvalue weighted by molar-refractivity contribution is 5.99. The number of likely N-dealkylation sites (tertiary alicyclic amines) is 2. The lowest BCUT2D eigenvalue weighted by molar-refractivity contribution is 0.0625. The van der Waals surface area contributed by atoms with E-state index in [2.05, 4.69) is 22.0 Å². The Morgan fingerprint density at radius 3 is 2.71 bits per heavy atom. The maximum atomic E-state index is 12.9. The molecule has 0 aromatic carbocycles. The van der Waals surface area contributed by atoms with Crippen LogP contribution in [-0.4, -0.2) is 62.5 Å². The van der Waals surface area contributed by atoms with Crippen molar-refractivity contribution in [3.05, 3.63) is 30.2 Å². The molecule has 24 heavy (non-hydrogen) atoms. The minimum atomic E-state index is 0.0841. The van der Waals surface area contributed by atoms with Crippen LogP contribution in [-0.2, 0) is 0 Å². The predicted molar refractivity (Wildman–Crippen MR) is 91.9 cm³/mol. The number of carbonyl (C=O) groups is 1. The van der Waals surface area contributed by atoms with Gasteiger partial charge in [0, 0.05) is 25.3 Å². The fourth-order valence-electron chi connectivity index (χ4n) is 4.22. The summed E-state index contributed by atoms with van der Waals surface area (Å²) >= 11 is 0. The second kappa shape index (κ2) is 6.51. The second-order valence-electron chi connectivity index (χ2n) is 7.10. The third-order valence-corrected chi connectivity index (χ3v) is 5.78. The van der Waals surface area contributed by atoms with Gasteiger partial charge in [-0.15, -0.1) is 10.2 Å². The van der Waals surface area contributed by atoms with Gasteiger partial charge in [-0.25, -0.2) is 0 Å². The first-order chi connectivity index (χ1) is 11.7. The lowest BCUT2D eigenvalue weighted by Crippen LogP contribution is -2.45. The fraction of sp³-hybridized carbons (Fsp3) is 0.611. The molecule has 128 valence electrons. The zero-order valence-corrected chi connectivity index (χ0v) is 14.3. The molecule has 0 N–H and O–H groups in total. The third kappa shape index (κ3) is 2.79. The lowest BCUT2D eigenvalue weighted by atomic mass is 9.89. The number of hydrogen-bond acceptors (Lipinski definition) is 4. The van der Waals surface area contributed by atoms with E-state index in [9.17, 15) is 4.79 Å². The van der Waals surface area contributed by atoms with Crippen molar-refractivity contribution in [3.8, 4) is 0 Å². The highest BCUT2D eigenvalue weighted by atomic mass is 16.2. The molecule has 0 bridgehead atoms. The first-order valence-electron chi connectivity index (χ1n) is 9.06. The Hall–Kier alpha value is -1.95. The number of amides is 1. The van der Waals surface area contributed by atoms with Crippen molar-refractivity contribution in [2.75, 3.05) is 26.2 Å². The van der Waals surface area contributed by atoms with Crippen LogP contribution in [0.4, 0.5) is 0 Å². The van der Waals surface area contributed by atoms with Crippen LogP contribution in [0.15, 0.2) is 24.7 Å². The molecule has 2 fully saturated rings. The lowest BCUT2D eigenvalue weighted by Gasteiger charge is -2.38. The van der Waals surface area contributed by atoms with E-state index in [1.54, 1.807) is 10.7 Å². The fourth-order valence-corrected chi connectivity index (χ4v) is 4.22. The Kier molecular flexibility index (Phi) is 4.22. The Morgan fingerprint density at radius 2 is 1.96 bits per heavy atom. The zero-order valence-electron chi connectivity index (χ0n) is 14.3. The maximum Gasteiger partial charge on any atom is 0.257 e. The molecule has 2 aromatic heterocycles. The van der Waals surface area contributed by atoms with E-state index in [4.69, 9.17) is 0 Å². The molecule has 0 unspecified atom stereocenters. The number of piperidine rings is 1. The average Bonchev–Trinajstić information content (AvgIpc) is 3.31. The smallest absolute Gasteiger partial charge is 0.257 e. The summed E-state index contributed by atoms with van der Waals surface area (Å²) in [6.07, 6.45) is 8.37. The van der Waals surface area contributed by atoms with Crippen molar-refractivity contribution in [2.24, 2.45) is 5.92 Å². The van der Waals surface area contributed by atoms with Gasteiger partial charge in [0.2, 0.25) is 0 Å². The molecule has 0 spiro atoms. The quantitative estimate of drug-likeness (QED) is 0.866. The normalized spacial score (nSPS) is 21.5. The van der Waals surface area contributed by atoms with E-state index < -0.39 is 0 Å². The molecule has 2 aromatic rings. The largest absolute Gasteiger partial charge is 0.339 e. The molecular formula is C18H25N5O. The molecule has 4 rings (SSSR count). The van der Waals surface area contributed by atoms with Gasteiger partial charge in [0.15, 0.2) is 5.65 Å². The number of rotatable bonds is 3. The number of pyridine rings is 1. The van der Waals surface area contributed by atoms with Crippen molar-refractivity contribution >= 4 is 11.6 Å². The summed E-state index contributed by atoms with van der Waals surface area (Å²) in [5, 5.41) is 7.99. The number of hydrogen-bond donors (Lipinski definition) is 0. The minimum Gasteiger partial charge on any atom is -0.339 e. The Bertz CT molecular complexity index is 713. The Balaban J connectivity index is 1.42. The van der Waals surface area contributed by atoms with Gasteiger partial charge in [-0.05, 0) is 63.7 Å². The molecule has 1 atom stereocenters. The standard InChI is InChI=1S/C18H25N5O/c1-14(21-8-2-3-9-21)15-6-11-22(12-7-15)18(24)16-5-4-10-23-13-19-20-17(16)23/h4-5,10,13-15H,2-3,6-9,11-12H2,1H3/t14-/m1/s1. The van der Waals surface area contributed by atoms with Crippen molar-refractivity contribution < 1.29 is 4.79 Å². The van der Waals surface area contributed by atoms with E-state index in [1.165, 1.54) is 25.9 Å². The van der Waals surface area contributed by atoms with Crippen LogP contribution in [0.3, 0.4) is 0 Å². The van der Waals surface area contributed by atoms with Crippen molar-refractivity contribution in [2.45, 2.75) is 38.6 Å². The summed E-state index contributed by atoms with van der Waals surface area (Å²) in [7, 11) is 0.